The number of anilines is 1. The summed E-state index contributed by atoms with van der Waals surface area (Å²) in [6, 6.07) is 6.96. The van der Waals surface area contributed by atoms with Gasteiger partial charge in [-0.25, -0.2) is 0 Å². The number of benzene rings is 1. The van der Waals surface area contributed by atoms with Gasteiger partial charge in [0, 0.05) is 28.1 Å². The highest BCUT2D eigenvalue weighted by Gasteiger charge is 2.32. The predicted octanol–water partition coefficient (Wildman–Crippen LogP) is 5.92. The van der Waals surface area contributed by atoms with Crippen LogP contribution in [0.25, 0.3) is 5.00 Å². The van der Waals surface area contributed by atoms with Gasteiger partial charge in [0.2, 0.25) is 5.91 Å². The zero-order chi connectivity index (χ0) is 25.8. The van der Waals surface area contributed by atoms with Crippen molar-refractivity contribution < 1.29 is 14.7 Å². The van der Waals surface area contributed by atoms with Crippen molar-refractivity contribution in [3.05, 3.63) is 57.5 Å². The second-order valence-electron chi connectivity index (χ2n) is 9.29. The van der Waals surface area contributed by atoms with Crippen molar-refractivity contribution in [2.75, 3.05) is 5.32 Å². The van der Waals surface area contributed by atoms with Crippen LogP contribution in [0.15, 0.2) is 29.3 Å². The number of nitrogens with zero attached hydrogens (tertiary/aromatic N) is 4. The maximum Gasteiger partial charge on any atom is 0.306 e. The molecule has 0 bridgehead atoms. The second kappa shape index (κ2) is 11.2. The van der Waals surface area contributed by atoms with Crippen LogP contribution in [0, 0.1) is 20.8 Å². The Morgan fingerprint density at radius 2 is 1.78 bits per heavy atom. The zero-order valence-electron chi connectivity index (χ0n) is 21.3. The van der Waals surface area contributed by atoms with E-state index in [-0.39, 0.29) is 12.3 Å². The molecular formula is C27H33N5O3S. The van der Waals surface area contributed by atoms with Gasteiger partial charge >= 0.3 is 5.97 Å². The molecule has 1 atom stereocenters. The smallest absolute Gasteiger partial charge is 0.306 e. The molecule has 3 aromatic rings. The molecule has 0 saturated heterocycles. The SMILES string of the molecule is CCCCCCCC(=O)Nc1ccc(C2=N[C@@H](CC(=O)O)c3nnc(C)n3-c3sc(C)c(C)c32)cc1. The van der Waals surface area contributed by atoms with E-state index in [1.807, 2.05) is 35.8 Å². The largest absolute Gasteiger partial charge is 0.481 e. The maximum atomic E-state index is 12.4. The third-order valence-corrected chi connectivity index (χ3v) is 7.75. The molecule has 0 radical (unpaired) electrons. The topological polar surface area (TPSA) is 109 Å². The number of carbonyl (C=O) groups is 2. The second-order valence-corrected chi connectivity index (χ2v) is 10.5. The van der Waals surface area contributed by atoms with Crippen LogP contribution >= 0.6 is 11.3 Å². The van der Waals surface area contributed by atoms with Crippen molar-refractivity contribution in [1.82, 2.24) is 14.8 Å². The van der Waals surface area contributed by atoms with E-state index >= 15 is 0 Å². The third-order valence-electron chi connectivity index (χ3n) is 6.56. The Morgan fingerprint density at radius 1 is 1.06 bits per heavy atom. The molecule has 4 rings (SSSR count). The average Bonchev–Trinajstić information content (AvgIpc) is 3.31. The van der Waals surface area contributed by atoms with E-state index in [2.05, 4.69) is 36.3 Å². The Kier molecular flexibility index (Phi) is 7.98. The summed E-state index contributed by atoms with van der Waals surface area (Å²) in [6.07, 6.45) is 5.88. The number of aliphatic imine (C=N–C) groups is 1. The van der Waals surface area contributed by atoms with Crippen LogP contribution in [0.1, 0.15) is 91.1 Å². The standard InChI is InChI=1S/C27H33N5O3S/c1-5-6-7-8-9-10-22(33)28-20-13-11-19(12-14-20)25-24-16(2)17(3)36-27(24)32-18(4)30-31-26(32)21(29-25)15-23(34)35/h11-14,21H,5-10,15H2,1-4H3,(H,28,33)(H,34,35)/t21-/m0/s1. The highest BCUT2D eigenvalue weighted by atomic mass is 32.1. The van der Waals surface area contributed by atoms with E-state index in [0.717, 1.165) is 50.8 Å². The molecule has 0 saturated carbocycles. The molecule has 36 heavy (non-hydrogen) atoms. The van der Waals surface area contributed by atoms with Gasteiger partial charge < -0.3 is 10.4 Å². The lowest BCUT2D eigenvalue weighted by atomic mass is 9.99. The van der Waals surface area contributed by atoms with E-state index in [4.69, 9.17) is 4.99 Å². The summed E-state index contributed by atoms with van der Waals surface area (Å²) in [7, 11) is 0. The van der Waals surface area contributed by atoms with E-state index in [1.54, 1.807) is 11.3 Å². The minimum atomic E-state index is -0.943. The van der Waals surface area contributed by atoms with Crippen LogP contribution < -0.4 is 5.32 Å². The number of hydrogen-bond donors (Lipinski definition) is 2. The van der Waals surface area contributed by atoms with Gasteiger partial charge in [-0.05, 0) is 44.9 Å². The van der Waals surface area contributed by atoms with E-state index < -0.39 is 12.0 Å². The molecule has 2 aromatic heterocycles. The molecule has 0 aliphatic carbocycles. The van der Waals surface area contributed by atoms with Crippen molar-refractivity contribution in [3.63, 3.8) is 0 Å². The number of aliphatic carboxylic acids is 1. The van der Waals surface area contributed by atoms with E-state index in [9.17, 15) is 14.7 Å². The average molecular weight is 508 g/mol. The molecule has 0 spiro atoms. The Balaban J connectivity index is 1.63. The Morgan fingerprint density at radius 3 is 2.47 bits per heavy atom. The molecule has 3 heterocycles. The van der Waals surface area contributed by atoms with E-state index in [1.165, 1.54) is 19.3 Å². The van der Waals surface area contributed by atoms with Crippen molar-refractivity contribution in [2.24, 2.45) is 4.99 Å². The number of carboxylic acids is 1. The normalized spacial score (nSPS) is 14.6. The Labute approximate surface area is 215 Å². The number of carbonyl (C=O) groups excluding carboxylic acids is 1. The number of fused-ring (bicyclic) bond motifs is 3. The number of hydrogen-bond acceptors (Lipinski definition) is 6. The number of unbranched alkanes of at least 4 members (excludes halogenated alkanes) is 4. The number of rotatable bonds is 10. The summed E-state index contributed by atoms with van der Waals surface area (Å²) >= 11 is 1.63. The first-order valence-electron chi connectivity index (χ1n) is 12.5. The lowest BCUT2D eigenvalue weighted by Crippen LogP contribution is -2.12. The summed E-state index contributed by atoms with van der Waals surface area (Å²) < 4.78 is 1.94. The van der Waals surface area contributed by atoms with Crippen molar-refractivity contribution in [2.45, 2.75) is 78.7 Å². The Bertz CT molecular complexity index is 1290. The molecule has 9 heteroatoms. The molecule has 190 valence electrons. The van der Waals surface area contributed by atoms with Gasteiger partial charge in [-0.15, -0.1) is 21.5 Å². The number of amides is 1. The number of thiophene rings is 1. The molecule has 1 amide bonds. The van der Waals surface area contributed by atoms with Gasteiger partial charge in [-0.1, -0.05) is 44.7 Å². The molecular weight excluding hydrogens is 474 g/mol. The minimum Gasteiger partial charge on any atom is -0.481 e. The molecule has 1 aliphatic heterocycles. The van der Waals surface area contributed by atoms with Crippen LogP contribution in [-0.4, -0.2) is 37.5 Å². The van der Waals surface area contributed by atoms with Gasteiger partial charge in [-0.2, -0.15) is 0 Å². The first-order valence-corrected chi connectivity index (χ1v) is 13.3. The zero-order valence-corrected chi connectivity index (χ0v) is 22.1. The maximum absolute atomic E-state index is 12.4. The fraction of sp³-hybridized carbons (Fsp3) is 0.444. The summed E-state index contributed by atoms with van der Waals surface area (Å²) in [4.78, 5) is 30.1. The van der Waals surface area contributed by atoms with Crippen LogP contribution in [0.2, 0.25) is 0 Å². The summed E-state index contributed by atoms with van der Waals surface area (Å²) in [5, 5.41) is 22.0. The lowest BCUT2D eigenvalue weighted by Gasteiger charge is -2.12. The van der Waals surface area contributed by atoms with Gasteiger partial charge in [0.25, 0.3) is 0 Å². The number of aromatic nitrogens is 3. The molecule has 1 aromatic carbocycles. The van der Waals surface area contributed by atoms with Gasteiger partial charge in [0.1, 0.15) is 16.9 Å². The van der Waals surface area contributed by atoms with Crippen molar-refractivity contribution in [3.8, 4) is 5.00 Å². The summed E-state index contributed by atoms with van der Waals surface area (Å²) in [5.74, 6) is 0.316. The highest BCUT2D eigenvalue weighted by Crippen LogP contribution is 2.39. The third kappa shape index (κ3) is 5.41. The molecule has 2 N–H and O–H groups in total. The van der Waals surface area contributed by atoms with Gasteiger partial charge in [-0.3, -0.25) is 19.1 Å². The minimum absolute atomic E-state index is 0.0209. The fourth-order valence-corrected chi connectivity index (χ4v) is 5.73. The molecule has 8 nitrogen and oxygen atoms in total. The lowest BCUT2D eigenvalue weighted by molar-refractivity contribution is -0.137. The monoisotopic (exact) mass is 507 g/mol. The molecule has 1 aliphatic rings. The highest BCUT2D eigenvalue weighted by molar-refractivity contribution is 7.15. The number of nitrogens with one attached hydrogen (secondary N) is 1. The first-order chi connectivity index (χ1) is 17.3. The number of carboxylic acid groups (broad SMARTS) is 1. The van der Waals surface area contributed by atoms with Crippen molar-refractivity contribution in [1.29, 1.82) is 0 Å². The van der Waals surface area contributed by atoms with Crippen molar-refractivity contribution >= 4 is 34.6 Å². The summed E-state index contributed by atoms with van der Waals surface area (Å²) in [6.45, 7) is 8.18. The molecule has 0 fully saturated rings. The predicted molar refractivity (Wildman–Crippen MR) is 143 cm³/mol. The van der Waals surface area contributed by atoms with Crippen LogP contribution in [0.5, 0.6) is 0 Å². The quantitative estimate of drug-likeness (QED) is 0.331. The van der Waals surface area contributed by atoms with Gasteiger partial charge in [0.05, 0.1) is 12.1 Å². The van der Waals surface area contributed by atoms with E-state index in [0.29, 0.717) is 18.1 Å². The number of aryl methyl sites for hydroxylation is 2. The van der Waals surface area contributed by atoms with Gasteiger partial charge in [0.15, 0.2) is 5.82 Å². The van der Waals surface area contributed by atoms with Crippen LogP contribution in [0.4, 0.5) is 5.69 Å². The molecule has 0 unspecified atom stereocenters. The van der Waals surface area contributed by atoms with Crippen LogP contribution in [0.3, 0.4) is 0 Å². The first kappa shape index (κ1) is 25.8. The fourth-order valence-electron chi connectivity index (χ4n) is 4.51. The summed E-state index contributed by atoms with van der Waals surface area (Å²) in [5.41, 5.74) is 4.40. The Hall–Kier alpha value is -3.33. The van der Waals surface area contributed by atoms with Crippen LogP contribution in [-0.2, 0) is 9.59 Å².